The number of methoxy groups -OCH3 is 3. The highest BCUT2D eigenvalue weighted by atomic mass is 16.5. The van der Waals surface area contributed by atoms with Crippen molar-refractivity contribution in [3.63, 3.8) is 0 Å². The lowest BCUT2D eigenvalue weighted by Crippen LogP contribution is -2.12. The molecule has 0 amide bonds. The van der Waals surface area contributed by atoms with Gasteiger partial charge in [-0.3, -0.25) is 4.79 Å². The fourth-order valence-electron chi connectivity index (χ4n) is 4.08. The van der Waals surface area contributed by atoms with Crippen molar-refractivity contribution in [2.45, 2.75) is 32.6 Å². The molecule has 5 heteroatoms. The van der Waals surface area contributed by atoms with Gasteiger partial charge in [0.1, 0.15) is 35.4 Å². The van der Waals surface area contributed by atoms with Crippen LogP contribution in [0.4, 0.5) is 0 Å². The first-order valence-corrected chi connectivity index (χ1v) is 11.0. The highest BCUT2D eigenvalue weighted by molar-refractivity contribution is 5.82. The van der Waals surface area contributed by atoms with Gasteiger partial charge in [0.2, 0.25) is 0 Å². The van der Waals surface area contributed by atoms with E-state index >= 15 is 0 Å². The molecule has 0 fully saturated rings. The zero-order valence-electron chi connectivity index (χ0n) is 19.4. The van der Waals surface area contributed by atoms with E-state index in [-0.39, 0.29) is 5.78 Å². The summed E-state index contributed by atoms with van der Waals surface area (Å²) >= 11 is 0. The van der Waals surface area contributed by atoms with Crippen molar-refractivity contribution in [3.8, 4) is 23.0 Å². The van der Waals surface area contributed by atoms with Crippen molar-refractivity contribution in [3.05, 3.63) is 71.3 Å². The summed E-state index contributed by atoms with van der Waals surface area (Å²) in [5.41, 5.74) is 3.39. The average molecular weight is 437 g/mol. The number of carbonyl (C=O) groups is 1. The molecular formula is C27H32O5. The predicted molar refractivity (Wildman–Crippen MR) is 126 cm³/mol. The molecule has 0 aliphatic heterocycles. The summed E-state index contributed by atoms with van der Waals surface area (Å²) in [4.78, 5) is 12.7. The smallest absolute Gasteiger partial charge is 0.137 e. The van der Waals surface area contributed by atoms with Crippen LogP contribution in [-0.2, 0) is 11.2 Å². The van der Waals surface area contributed by atoms with E-state index in [1.165, 1.54) is 11.1 Å². The van der Waals surface area contributed by atoms with Gasteiger partial charge in [0.15, 0.2) is 0 Å². The van der Waals surface area contributed by atoms with Crippen molar-refractivity contribution in [1.82, 2.24) is 0 Å². The third-order valence-corrected chi connectivity index (χ3v) is 5.83. The highest BCUT2D eigenvalue weighted by Gasteiger charge is 2.22. The molecule has 32 heavy (non-hydrogen) atoms. The molecule has 0 bridgehead atoms. The molecule has 2 aromatic rings. The normalized spacial score (nSPS) is 15.1. The molecule has 1 aliphatic rings. The lowest BCUT2D eigenvalue weighted by atomic mass is 9.89. The van der Waals surface area contributed by atoms with Crippen molar-refractivity contribution >= 4 is 5.78 Å². The Labute approximate surface area is 190 Å². The third kappa shape index (κ3) is 5.94. The van der Waals surface area contributed by atoms with E-state index in [0.717, 1.165) is 35.7 Å². The van der Waals surface area contributed by atoms with Crippen LogP contribution in [0.5, 0.6) is 23.0 Å². The summed E-state index contributed by atoms with van der Waals surface area (Å²) < 4.78 is 21.9. The molecule has 1 unspecified atom stereocenters. The molecule has 0 spiro atoms. The van der Waals surface area contributed by atoms with Gasteiger partial charge in [0, 0.05) is 30.4 Å². The number of carbonyl (C=O) groups excluding carboxylic acids is 1. The number of benzene rings is 2. The quantitative estimate of drug-likeness (QED) is 0.435. The standard InChI is InChI=1S/C27H32O5/c1-5-26-19(9-10-20(26)18-32-25-8-6-7-23(17-25)29-2)11-12-22(28)15-21-16-24(30-3)13-14-27(21)31-4/h6-10,13-14,16-17,26H,5,11-12,15,18H2,1-4H3. The summed E-state index contributed by atoms with van der Waals surface area (Å²) in [6.07, 6.45) is 6.86. The van der Waals surface area contributed by atoms with E-state index in [2.05, 4.69) is 19.1 Å². The van der Waals surface area contributed by atoms with Crippen LogP contribution in [0.25, 0.3) is 0 Å². The minimum absolute atomic E-state index is 0.188. The van der Waals surface area contributed by atoms with Crippen LogP contribution in [0, 0.1) is 5.92 Å². The van der Waals surface area contributed by atoms with Gasteiger partial charge in [0.05, 0.1) is 21.3 Å². The summed E-state index contributed by atoms with van der Waals surface area (Å²) in [7, 11) is 4.88. The molecule has 170 valence electrons. The number of rotatable bonds is 12. The zero-order chi connectivity index (χ0) is 22.9. The lowest BCUT2D eigenvalue weighted by molar-refractivity contribution is -0.118. The summed E-state index contributed by atoms with van der Waals surface area (Å²) in [5, 5.41) is 0. The van der Waals surface area contributed by atoms with Gasteiger partial charge in [-0.25, -0.2) is 0 Å². The average Bonchev–Trinajstić information content (AvgIpc) is 3.23. The predicted octanol–water partition coefficient (Wildman–Crippen LogP) is 5.58. The maximum absolute atomic E-state index is 12.7. The van der Waals surface area contributed by atoms with Gasteiger partial charge < -0.3 is 18.9 Å². The van der Waals surface area contributed by atoms with Gasteiger partial charge in [-0.2, -0.15) is 0 Å². The molecular weight excluding hydrogens is 404 g/mol. The first kappa shape index (κ1) is 23.5. The first-order valence-electron chi connectivity index (χ1n) is 11.0. The monoisotopic (exact) mass is 436 g/mol. The fraction of sp³-hybridized carbons (Fsp3) is 0.370. The van der Waals surface area contributed by atoms with E-state index in [1.54, 1.807) is 21.3 Å². The Morgan fingerprint density at radius 2 is 1.59 bits per heavy atom. The number of hydrogen-bond acceptors (Lipinski definition) is 5. The first-order chi connectivity index (χ1) is 15.6. The van der Waals surface area contributed by atoms with Crippen LogP contribution < -0.4 is 18.9 Å². The van der Waals surface area contributed by atoms with Crippen molar-refractivity contribution in [2.75, 3.05) is 27.9 Å². The minimum atomic E-state index is 0.188. The minimum Gasteiger partial charge on any atom is -0.497 e. The van der Waals surface area contributed by atoms with E-state index in [4.69, 9.17) is 18.9 Å². The fourth-order valence-corrected chi connectivity index (χ4v) is 4.08. The van der Waals surface area contributed by atoms with Crippen molar-refractivity contribution in [2.24, 2.45) is 5.92 Å². The largest absolute Gasteiger partial charge is 0.497 e. The van der Waals surface area contributed by atoms with E-state index in [1.807, 2.05) is 42.5 Å². The SMILES string of the molecule is CCC1C(CCC(=O)Cc2cc(OC)ccc2OC)=CC=C1COc1cccc(OC)c1. The molecule has 0 saturated carbocycles. The zero-order valence-corrected chi connectivity index (χ0v) is 19.4. The summed E-state index contributed by atoms with van der Waals surface area (Å²) in [6.45, 7) is 2.70. The van der Waals surface area contributed by atoms with Crippen LogP contribution in [0.2, 0.25) is 0 Å². The Bertz CT molecular complexity index is 989. The molecule has 3 rings (SSSR count). The number of ether oxygens (including phenoxy) is 4. The van der Waals surface area contributed by atoms with Gasteiger partial charge in [-0.05, 0) is 48.7 Å². The molecule has 0 saturated heterocycles. The van der Waals surface area contributed by atoms with Crippen LogP contribution in [-0.4, -0.2) is 33.7 Å². The molecule has 5 nitrogen and oxygen atoms in total. The second kappa shape index (κ2) is 11.4. The molecule has 1 atom stereocenters. The Balaban J connectivity index is 1.53. The third-order valence-electron chi connectivity index (χ3n) is 5.83. The second-order valence-electron chi connectivity index (χ2n) is 7.80. The molecule has 0 heterocycles. The molecule has 0 N–H and O–H groups in total. The molecule has 0 radical (unpaired) electrons. The second-order valence-corrected chi connectivity index (χ2v) is 7.80. The van der Waals surface area contributed by atoms with Gasteiger partial charge in [-0.1, -0.05) is 30.7 Å². The van der Waals surface area contributed by atoms with E-state index in [9.17, 15) is 4.79 Å². The maximum Gasteiger partial charge on any atom is 0.137 e. The number of ketones is 1. The van der Waals surface area contributed by atoms with Gasteiger partial charge in [0.25, 0.3) is 0 Å². The highest BCUT2D eigenvalue weighted by Crippen LogP contribution is 2.34. The van der Waals surface area contributed by atoms with E-state index < -0.39 is 0 Å². The maximum atomic E-state index is 12.7. The number of Topliss-reactive ketones (excluding diaryl/α,β-unsaturated/α-hetero) is 1. The lowest BCUT2D eigenvalue weighted by Gasteiger charge is -2.18. The molecule has 0 aromatic heterocycles. The van der Waals surface area contributed by atoms with Crippen molar-refractivity contribution < 1.29 is 23.7 Å². The Morgan fingerprint density at radius 3 is 2.31 bits per heavy atom. The van der Waals surface area contributed by atoms with Crippen LogP contribution >= 0.6 is 0 Å². The van der Waals surface area contributed by atoms with Crippen LogP contribution in [0.15, 0.2) is 65.8 Å². The molecule has 2 aromatic carbocycles. The molecule has 1 aliphatic carbocycles. The van der Waals surface area contributed by atoms with Gasteiger partial charge in [-0.15, -0.1) is 0 Å². The summed E-state index contributed by atoms with van der Waals surface area (Å²) in [5.74, 6) is 3.51. The Kier molecular flexibility index (Phi) is 8.37. The van der Waals surface area contributed by atoms with Crippen LogP contribution in [0.3, 0.4) is 0 Å². The topological polar surface area (TPSA) is 54.0 Å². The van der Waals surface area contributed by atoms with Crippen molar-refractivity contribution in [1.29, 1.82) is 0 Å². The Hall–Kier alpha value is -3.21. The number of hydrogen-bond donors (Lipinski definition) is 0. The Morgan fingerprint density at radius 1 is 0.875 bits per heavy atom. The van der Waals surface area contributed by atoms with E-state index in [0.29, 0.717) is 31.1 Å². The van der Waals surface area contributed by atoms with Crippen LogP contribution in [0.1, 0.15) is 31.7 Å². The van der Waals surface area contributed by atoms with Gasteiger partial charge >= 0.3 is 0 Å². The number of allylic oxidation sites excluding steroid dienone is 3. The summed E-state index contributed by atoms with van der Waals surface area (Å²) in [6, 6.07) is 13.2.